The molecule has 0 fully saturated rings. The van der Waals surface area contributed by atoms with Gasteiger partial charge in [0.05, 0.1) is 18.2 Å². The molecule has 1 aromatic carbocycles. The van der Waals surface area contributed by atoms with Crippen molar-refractivity contribution in [2.45, 2.75) is 0 Å². The molecule has 15 heavy (non-hydrogen) atoms. The molecule has 0 heterocycles. The maximum atomic E-state index is 11.3. The quantitative estimate of drug-likeness (QED) is 0.628. The Kier molecular flexibility index (Phi) is 4.09. The summed E-state index contributed by atoms with van der Waals surface area (Å²) in [6, 6.07) is 2.97. The Morgan fingerprint density at radius 3 is 2.40 bits per heavy atom. The highest BCUT2D eigenvalue weighted by Gasteiger charge is 2.18. The van der Waals surface area contributed by atoms with Crippen molar-refractivity contribution < 1.29 is 19.4 Å². The number of rotatable bonds is 2. The van der Waals surface area contributed by atoms with Crippen LogP contribution in [-0.4, -0.2) is 24.2 Å². The Bertz CT molecular complexity index is 430. The van der Waals surface area contributed by atoms with E-state index in [1.165, 1.54) is 19.2 Å². The molecule has 6 heteroatoms. The highest BCUT2D eigenvalue weighted by molar-refractivity contribution is 14.1. The van der Waals surface area contributed by atoms with Crippen molar-refractivity contribution in [1.29, 1.82) is 0 Å². The Hall–Kier alpha value is -0.630. The van der Waals surface area contributed by atoms with Gasteiger partial charge in [-0.1, -0.05) is 15.9 Å². The van der Waals surface area contributed by atoms with E-state index in [9.17, 15) is 9.59 Å². The average Bonchev–Trinajstić information content (AvgIpc) is 2.19. The first-order valence-corrected chi connectivity index (χ1v) is 5.65. The summed E-state index contributed by atoms with van der Waals surface area (Å²) >= 11 is 4.95. The molecule has 0 aliphatic rings. The highest BCUT2D eigenvalue weighted by Crippen LogP contribution is 2.24. The first kappa shape index (κ1) is 12.4. The van der Waals surface area contributed by atoms with Crippen molar-refractivity contribution in [2.24, 2.45) is 0 Å². The number of hydrogen-bond donors (Lipinski definition) is 1. The van der Waals surface area contributed by atoms with Crippen LogP contribution in [0.4, 0.5) is 0 Å². The van der Waals surface area contributed by atoms with Gasteiger partial charge in [0.25, 0.3) is 0 Å². The molecule has 0 atom stereocenters. The van der Waals surface area contributed by atoms with Gasteiger partial charge >= 0.3 is 11.9 Å². The number of ether oxygens (including phenoxy) is 1. The molecular formula is C9H6BrIO4. The van der Waals surface area contributed by atoms with Gasteiger partial charge in [-0.15, -0.1) is 0 Å². The van der Waals surface area contributed by atoms with E-state index in [4.69, 9.17) is 5.11 Å². The number of esters is 1. The third-order valence-electron chi connectivity index (χ3n) is 1.67. The lowest BCUT2D eigenvalue weighted by Gasteiger charge is -2.06. The standard InChI is InChI=1S/C9H6BrIO4/c1-15-9(14)6-3-4(10)2-5(7(6)11)8(12)13/h2-3H,1H3,(H,12,13). The fourth-order valence-electron chi connectivity index (χ4n) is 1.00. The molecule has 0 bridgehead atoms. The van der Waals surface area contributed by atoms with Crippen molar-refractivity contribution in [3.8, 4) is 0 Å². The molecule has 0 spiro atoms. The van der Waals surface area contributed by atoms with Crippen LogP contribution in [0.15, 0.2) is 16.6 Å². The highest BCUT2D eigenvalue weighted by atomic mass is 127. The van der Waals surface area contributed by atoms with Crippen LogP contribution in [0.5, 0.6) is 0 Å². The lowest BCUT2D eigenvalue weighted by Crippen LogP contribution is -2.09. The van der Waals surface area contributed by atoms with Crippen molar-refractivity contribution >= 4 is 50.5 Å². The van der Waals surface area contributed by atoms with Gasteiger partial charge in [0.2, 0.25) is 0 Å². The van der Waals surface area contributed by atoms with Crippen LogP contribution >= 0.6 is 38.5 Å². The summed E-state index contributed by atoms with van der Waals surface area (Å²) in [5.41, 5.74) is 0.315. The SMILES string of the molecule is COC(=O)c1cc(Br)cc(C(=O)O)c1I. The number of carboxylic acid groups (broad SMARTS) is 1. The van der Waals surface area contributed by atoms with Gasteiger partial charge in [-0.25, -0.2) is 9.59 Å². The van der Waals surface area contributed by atoms with E-state index >= 15 is 0 Å². The minimum atomic E-state index is -1.08. The summed E-state index contributed by atoms with van der Waals surface area (Å²) < 4.78 is 5.45. The molecule has 0 aliphatic heterocycles. The van der Waals surface area contributed by atoms with Crippen LogP contribution in [0.2, 0.25) is 0 Å². The second kappa shape index (κ2) is 4.93. The van der Waals surface area contributed by atoms with Crippen LogP contribution in [0.3, 0.4) is 0 Å². The van der Waals surface area contributed by atoms with Crippen LogP contribution in [0.25, 0.3) is 0 Å². The second-order valence-electron chi connectivity index (χ2n) is 2.61. The molecule has 4 nitrogen and oxygen atoms in total. The largest absolute Gasteiger partial charge is 0.478 e. The number of carboxylic acids is 1. The fraction of sp³-hybridized carbons (Fsp3) is 0.111. The summed E-state index contributed by atoms with van der Waals surface area (Å²) in [6.45, 7) is 0. The third-order valence-corrected chi connectivity index (χ3v) is 3.29. The van der Waals surface area contributed by atoms with Crippen molar-refractivity contribution in [3.63, 3.8) is 0 Å². The number of hydrogen-bond acceptors (Lipinski definition) is 3. The maximum Gasteiger partial charge on any atom is 0.338 e. The molecule has 1 aromatic rings. The zero-order valence-corrected chi connectivity index (χ0v) is 11.3. The molecule has 0 radical (unpaired) electrons. The van der Waals surface area contributed by atoms with E-state index in [0.717, 1.165) is 0 Å². The second-order valence-corrected chi connectivity index (χ2v) is 4.61. The van der Waals surface area contributed by atoms with Crippen LogP contribution in [0.1, 0.15) is 20.7 Å². The summed E-state index contributed by atoms with van der Waals surface area (Å²) in [4.78, 5) is 22.2. The van der Waals surface area contributed by atoms with Crippen LogP contribution < -0.4 is 0 Å². The van der Waals surface area contributed by atoms with Gasteiger partial charge in [-0.2, -0.15) is 0 Å². The van der Waals surface area contributed by atoms with Crippen LogP contribution in [0, 0.1) is 3.57 Å². The van der Waals surface area contributed by atoms with Crippen LogP contribution in [-0.2, 0) is 4.74 Å². The molecule has 0 aromatic heterocycles. The van der Waals surface area contributed by atoms with Crippen molar-refractivity contribution in [1.82, 2.24) is 0 Å². The topological polar surface area (TPSA) is 63.6 Å². The lowest BCUT2D eigenvalue weighted by atomic mass is 10.1. The monoisotopic (exact) mass is 384 g/mol. The number of benzene rings is 1. The normalized spacial score (nSPS) is 9.80. The van der Waals surface area contributed by atoms with Gasteiger partial charge in [-0.3, -0.25) is 0 Å². The van der Waals surface area contributed by atoms with E-state index in [2.05, 4.69) is 20.7 Å². The molecule has 80 valence electrons. The Morgan fingerprint density at radius 2 is 1.93 bits per heavy atom. The zero-order chi connectivity index (χ0) is 11.6. The van der Waals surface area contributed by atoms with E-state index < -0.39 is 11.9 Å². The smallest absolute Gasteiger partial charge is 0.338 e. The minimum absolute atomic E-state index is 0.0744. The van der Waals surface area contributed by atoms with Gasteiger partial charge in [0.1, 0.15) is 0 Å². The minimum Gasteiger partial charge on any atom is -0.478 e. The molecular weight excluding hydrogens is 379 g/mol. The Labute approximate surface area is 108 Å². The predicted octanol–water partition coefficient (Wildman–Crippen LogP) is 2.54. The number of halogens is 2. The Balaban J connectivity index is 3.41. The summed E-state index contributed by atoms with van der Waals surface area (Å²) in [6.07, 6.45) is 0. The van der Waals surface area contributed by atoms with Gasteiger partial charge in [-0.05, 0) is 34.7 Å². The zero-order valence-electron chi connectivity index (χ0n) is 7.58. The Morgan fingerprint density at radius 1 is 1.40 bits per heavy atom. The van der Waals surface area contributed by atoms with E-state index in [0.29, 0.717) is 8.04 Å². The van der Waals surface area contributed by atoms with Crippen molar-refractivity contribution in [3.05, 3.63) is 31.3 Å². The molecule has 1 N–H and O–H groups in total. The molecule has 0 saturated carbocycles. The molecule has 0 amide bonds. The van der Waals surface area contributed by atoms with Crippen molar-refractivity contribution in [2.75, 3.05) is 7.11 Å². The number of carbonyl (C=O) groups is 2. The van der Waals surface area contributed by atoms with Gasteiger partial charge in [0.15, 0.2) is 0 Å². The summed E-state index contributed by atoms with van der Waals surface area (Å²) in [5, 5.41) is 8.89. The van der Waals surface area contributed by atoms with E-state index in [-0.39, 0.29) is 11.1 Å². The van der Waals surface area contributed by atoms with E-state index in [1.807, 2.05) is 22.6 Å². The average molecular weight is 385 g/mol. The molecule has 0 aliphatic carbocycles. The fourth-order valence-corrected chi connectivity index (χ4v) is 2.22. The summed E-state index contributed by atoms with van der Waals surface area (Å²) in [5.74, 6) is -1.63. The first-order chi connectivity index (χ1) is 6.97. The molecule has 0 unspecified atom stereocenters. The van der Waals surface area contributed by atoms with E-state index in [1.54, 1.807) is 0 Å². The predicted molar refractivity (Wildman–Crippen MR) is 65.2 cm³/mol. The lowest BCUT2D eigenvalue weighted by molar-refractivity contribution is 0.0599. The van der Waals surface area contributed by atoms with Gasteiger partial charge < -0.3 is 9.84 Å². The summed E-state index contributed by atoms with van der Waals surface area (Å²) in [7, 11) is 1.25. The van der Waals surface area contributed by atoms with Gasteiger partial charge in [0, 0.05) is 8.04 Å². The maximum absolute atomic E-state index is 11.3. The number of aromatic carboxylic acids is 1. The number of carbonyl (C=O) groups excluding carboxylic acids is 1. The number of methoxy groups -OCH3 is 1. The first-order valence-electron chi connectivity index (χ1n) is 3.78. The molecule has 0 saturated heterocycles. The third kappa shape index (κ3) is 2.69. The molecule has 1 rings (SSSR count).